The summed E-state index contributed by atoms with van der Waals surface area (Å²) in [7, 11) is 0. The first-order valence-corrected chi connectivity index (χ1v) is 6.99. The Morgan fingerprint density at radius 3 is 2.39 bits per heavy atom. The lowest BCUT2D eigenvalue weighted by molar-refractivity contribution is -0.215. The highest BCUT2D eigenvalue weighted by molar-refractivity contribution is 4.95. The van der Waals surface area contributed by atoms with E-state index in [4.69, 9.17) is 14.4 Å². The van der Waals surface area contributed by atoms with Gasteiger partial charge in [0.2, 0.25) is 0 Å². The fourth-order valence-corrected chi connectivity index (χ4v) is 3.29. The molecule has 102 valence electrons. The summed E-state index contributed by atoms with van der Waals surface area (Å²) < 4.78 is 10.9. The van der Waals surface area contributed by atoms with Gasteiger partial charge in [-0.25, -0.2) is 10.2 Å². The molecule has 2 saturated carbocycles. The van der Waals surface area contributed by atoms with E-state index in [0.717, 1.165) is 43.8 Å². The zero-order valence-electron chi connectivity index (χ0n) is 10.3. The van der Waals surface area contributed by atoms with E-state index < -0.39 is 0 Å². The van der Waals surface area contributed by atoms with Crippen LogP contribution in [0.5, 0.6) is 0 Å². The zero-order chi connectivity index (χ0) is 12.1. The van der Waals surface area contributed by atoms with E-state index in [9.17, 15) is 5.21 Å². The summed E-state index contributed by atoms with van der Waals surface area (Å²) in [5.41, 5.74) is 2.90. The second-order valence-corrected chi connectivity index (χ2v) is 5.90. The molecule has 0 radical (unpaired) electrons. The Labute approximate surface area is 106 Å². The summed E-state index contributed by atoms with van der Waals surface area (Å²) in [5.74, 6) is 0. The molecule has 6 nitrogen and oxygen atoms in total. The van der Waals surface area contributed by atoms with E-state index in [-0.39, 0.29) is 12.1 Å². The molecule has 4 rings (SSSR count). The van der Waals surface area contributed by atoms with Gasteiger partial charge in [-0.2, -0.15) is 5.48 Å². The van der Waals surface area contributed by atoms with Gasteiger partial charge in [-0.3, -0.25) is 0 Å². The molecule has 0 spiro atoms. The van der Waals surface area contributed by atoms with E-state index in [0.29, 0.717) is 24.4 Å². The van der Waals surface area contributed by atoms with Gasteiger partial charge in [-0.1, -0.05) is 0 Å². The van der Waals surface area contributed by atoms with Gasteiger partial charge in [-0.05, 0) is 38.5 Å². The maximum absolute atomic E-state index is 11.8. The lowest BCUT2D eigenvalue weighted by atomic mass is 9.96. The number of rotatable bonds is 4. The summed E-state index contributed by atoms with van der Waals surface area (Å²) in [4.78, 5) is 5.17. The van der Waals surface area contributed by atoms with Crippen molar-refractivity contribution in [3.8, 4) is 0 Å². The third kappa shape index (κ3) is 2.29. The average Bonchev–Trinajstić information content (AvgIpc) is 3.26. The summed E-state index contributed by atoms with van der Waals surface area (Å²) in [6, 6.07) is 0.188. The van der Waals surface area contributed by atoms with Crippen molar-refractivity contribution < 1.29 is 14.4 Å². The van der Waals surface area contributed by atoms with Crippen LogP contribution in [0.15, 0.2) is 0 Å². The molecule has 0 aromatic rings. The second kappa shape index (κ2) is 4.40. The summed E-state index contributed by atoms with van der Waals surface area (Å²) in [5, 5.41) is 12.6. The zero-order valence-corrected chi connectivity index (χ0v) is 10.3. The van der Waals surface area contributed by atoms with Gasteiger partial charge >= 0.3 is 0 Å². The molecule has 0 aromatic carbocycles. The molecular weight excluding hydrogens is 236 g/mol. The first-order chi connectivity index (χ1) is 8.79. The molecule has 6 atom stereocenters. The monoisotopic (exact) mass is 255 g/mol. The maximum Gasteiger partial charge on any atom is 0.0857 e. The number of hydrogen-bond donors (Lipinski definition) is 1. The Morgan fingerprint density at radius 1 is 0.944 bits per heavy atom. The van der Waals surface area contributed by atoms with Crippen molar-refractivity contribution in [1.29, 1.82) is 0 Å². The van der Waals surface area contributed by atoms with Crippen LogP contribution >= 0.6 is 0 Å². The molecule has 18 heavy (non-hydrogen) atoms. The molecule has 0 bridgehead atoms. The van der Waals surface area contributed by atoms with Crippen LogP contribution in [-0.4, -0.2) is 41.7 Å². The molecular formula is C12H19N2O4-. The second-order valence-electron chi connectivity index (χ2n) is 5.90. The fourth-order valence-electron chi connectivity index (χ4n) is 3.29. The Morgan fingerprint density at radius 2 is 1.67 bits per heavy atom. The molecule has 6 heteroatoms. The average molecular weight is 255 g/mol. The van der Waals surface area contributed by atoms with Crippen molar-refractivity contribution in [1.82, 2.24) is 10.7 Å². The third-order valence-corrected chi connectivity index (χ3v) is 4.59. The van der Waals surface area contributed by atoms with Crippen molar-refractivity contribution in [2.75, 3.05) is 0 Å². The normalized spacial score (nSPS) is 49.7. The summed E-state index contributed by atoms with van der Waals surface area (Å²) >= 11 is 0. The number of nitrogens with one attached hydrogen (secondary N) is 1. The minimum Gasteiger partial charge on any atom is -0.760 e. The first-order valence-electron chi connectivity index (χ1n) is 6.99. The minimum absolute atomic E-state index is 0.0604. The smallest absolute Gasteiger partial charge is 0.0857 e. The van der Waals surface area contributed by atoms with Gasteiger partial charge < -0.3 is 14.7 Å². The first kappa shape index (κ1) is 11.6. The van der Waals surface area contributed by atoms with Crippen LogP contribution in [0.4, 0.5) is 0 Å². The number of fused-ring (bicyclic) bond motifs is 2. The van der Waals surface area contributed by atoms with Crippen LogP contribution in [0.25, 0.3) is 0 Å². The van der Waals surface area contributed by atoms with Crippen molar-refractivity contribution >= 4 is 0 Å². The molecule has 0 aromatic heterocycles. The maximum atomic E-state index is 11.8. The molecule has 1 N–H and O–H groups in total. The highest BCUT2D eigenvalue weighted by atomic mass is 17.0. The largest absolute Gasteiger partial charge is 0.760 e. The van der Waals surface area contributed by atoms with Gasteiger partial charge in [0.15, 0.2) is 0 Å². The van der Waals surface area contributed by atoms with Crippen molar-refractivity contribution in [2.24, 2.45) is 0 Å². The van der Waals surface area contributed by atoms with Gasteiger partial charge in [-0.15, -0.1) is 0 Å². The number of nitrogens with zero attached hydrogens (tertiary/aromatic N) is 1. The van der Waals surface area contributed by atoms with E-state index >= 15 is 0 Å². The lowest BCUT2D eigenvalue weighted by Crippen LogP contribution is -2.42. The van der Waals surface area contributed by atoms with E-state index in [1.54, 1.807) is 0 Å². The number of epoxide rings is 2. The fraction of sp³-hybridized carbons (Fsp3) is 1.00. The van der Waals surface area contributed by atoms with Crippen LogP contribution in [-0.2, 0) is 14.4 Å². The molecule has 4 aliphatic rings. The minimum atomic E-state index is -0.0604. The van der Waals surface area contributed by atoms with E-state index in [1.165, 1.54) is 0 Å². The van der Waals surface area contributed by atoms with Crippen LogP contribution in [0.1, 0.15) is 38.5 Å². The Kier molecular flexibility index (Phi) is 2.83. The number of hydrogen-bond acceptors (Lipinski definition) is 6. The Bertz CT molecular complexity index is 329. The van der Waals surface area contributed by atoms with E-state index in [1.807, 2.05) is 0 Å². The predicted octanol–water partition coefficient (Wildman–Crippen LogP) is 0.862. The van der Waals surface area contributed by atoms with Crippen LogP contribution in [0.3, 0.4) is 0 Å². The molecule has 6 unspecified atom stereocenters. The van der Waals surface area contributed by atoms with Crippen LogP contribution < -0.4 is 5.48 Å². The standard InChI is InChI=1S/C12H19N2O4/c15-14(8-2-4-10-12(6-8)17-10)18-13-7-1-3-9-11(5-7)16-9/h7-13H,1-6H2/q-1. The Balaban J connectivity index is 1.21. The van der Waals surface area contributed by atoms with Gasteiger partial charge in [0, 0.05) is 12.1 Å². The predicted molar refractivity (Wildman–Crippen MR) is 62.0 cm³/mol. The molecule has 2 saturated heterocycles. The van der Waals surface area contributed by atoms with Crippen LogP contribution in [0, 0.1) is 5.21 Å². The van der Waals surface area contributed by atoms with E-state index in [2.05, 4.69) is 5.48 Å². The molecule has 2 aliphatic heterocycles. The molecule has 0 amide bonds. The summed E-state index contributed by atoms with van der Waals surface area (Å²) in [6.07, 6.45) is 7.31. The van der Waals surface area contributed by atoms with Gasteiger partial charge in [0.05, 0.1) is 24.4 Å². The molecule has 2 aliphatic carbocycles. The highest BCUT2D eigenvalue weighted by Crippen LogP contribution is 2.38. The Hall–Kier alpha value is -0.240. The molecule has 4 fully saturated rings. The quantitative estimate of drug-likeness (QED) is 0.593. The number of hydroxylamine groups is 3. The third-order valence-electron chi connectivity index (χ3n) is 4.59. The van der Waals surface area contributed by atoms with Gasteiger partial charge in [0.1, 0.15) is 0 Å². The SMILES string of the molecule is [O-]N(ONC1CCC2OC2C1)C1CCC2OC2C1. The van der Waals surface area contributed by atoms with Gasteiger partial charge in [0.25, 0.3) is 0 Å². The topological polar surface area (TPSA) is 72.6 Å². The molecule has 2 heterocycles. The van der Waals surface area contributed by atoms with Crippen molar-refractivity contribution in [3.05, 3.63) is 5.21 Å². The lowest BCUT2D eigenvalue weighted by Gasteiger charge is -2.37. The van der Waals surface area contributed by atoms with Crippen molar-refractivity contribution in [2.45, 2.75) is 75.0 Å². The van der Waals surface area contributed by atoms with Crippen LogP contribution in [0.2, 0.25) is 0 Å². The van der Waals surface area contributed by atoms with Crippen molar-refractivity contribution in [3.63, 3.8) is 0 Å². The number of ether oxygens (including phenoxy) is 2. The summed E-state index contributed by atoms with van der Waals surface area (Å²) in [6.45, 7) is 0. The highest BCUT2D eigenvalue weighted by Gasteiger charge is 2.45.